The van der Waals surface area contributed by atoms with Crippen LogP contribution in [0.15, 0.2) is 30.6 Å². The molecular formula is C19H22N6O. The van der Waals surface area contributed by atoms with Crippen molar-refractivity contribution in [3.63, 3.8) is 0 Å². The highest BCUT2D eigenvalue weighted by Crippen LogP contribution is 2.25. The van der Waals surface area contributed by atoms with Gasteiger partial charge in [-0.25, -0.2) is 4.98 Å². The molecule has 2 N–H and O–H groups in total. The lowest BCUT2D eigenvalue weighted by atomic mass is 10.1. The van der Waals surface area contributed by atoms with Crippen molar-refractivity contribution in [3.05, 3.63) is 47.5 Å². The van der Waals surface area contributed by atoms with Gasteiger partial charge in [0.25, 0.3) is 5.91 Å². The van der Waals surface area contributed by atoms with Crippen LogP contribution in [0, 0.1) is 6.92 Å². The van der Waals surface area contributed by atoms with Gasteiger partial charge in [-0.2, -0.15) is 0 Å². The molecular weight excluding hydrogens is 328 g/mol. The lowest BCUT2D eigenvalue weighted by Gasteiger charge is -2.12. The van der Waals surface area contributed by atoms with Gasteiger partial charge >= 0.3 is 0 Å². The summed E-state index contributed by atoms with van der Waals surface area (Å²) in [4.78, 5) is 16.7. The molecule has 1 aliphatic rings. The number of rotatable bonds is 5. The number of carbonyl (C=O) groups excluding carboxylic acids is 1. The predicted molar refractivity (Wildman–Crippen MR) is 99.8 cm³/mol. The molecule has 7 heteroatoms. The summed E-state index contributed by atoms with van der Waals surface area (Å²) < 4.78 is 1.94. The molecule has 26 heavy (non-hydrogen) atoms. The highest BCUT2D eigenvalue weighted by atomic mass is 16.1. The van der Waals surface area contributed by atoms with Crippen molar-refractivity contribution in [2.75, 3.05) is 5.32 Å². The van der Waals surface area contributed by atoms with Gasteiger partial charge in [0.15, 0.2) is 5.82 Å². The summed E-state index contributed by atoms with van der Waals surface area (Å²) in [6, 6.07) is 5.98. The molecule has 0 atom stereocenters. The van der Waals surface area contributed by atoms with Crippen LogP contribution in [0.5, 0.6) is 0 Å². The second kappa shape index (κ2) is 6.40. The molecule has 3 aromatic rings. The molecule has 4 rings (SSSR count). The van der Waals surface area contributed by atoms with Gasteiger partial charge in [0, 0.05) is 35.6 Å². The zero-order valence-corrected chi connectivity index (χ0v) is 15.2. The number of nitrogens with one attached hydrogen (secondary N) is 2. The molecule has 1 aliphatic carbocycles. The number of fused-ring (bicyclic) bond motifs is 1. The fraction of sp³-hybridized carbons (Fsp3) is 0.368. The number of hydrogen-bond acceptors (Lipinski definition) is 5. The number of nitrogens with zero attached hydrogens (tertiary/aromatic N) is 4. The molecule has 0 aliphatic heterocycles. The molecule has 2 heterocycles. The summed E-state index contributed by atoms with van der Waals surface area (Å²) in [5, 5.41) is 14.9. The number of carbonyl (C=O) groups is 1. The van der Waals surface area contributed by atoms with E-state index in [-0.39, 0.29) is 11.8 Å². The maximum absolute atomic E-state index is 12.3. The van der Waals surface area contributed by atoms with E-state index in [2.05, 4.69) is 39.7 Å². The Morgan fingerprint density at radius 2 is 2.08 bits per heavy atom. The highest BCUT2D eigenvalue weighted by Gasteiger charge is 2.24. The Morgan fingerprint density at radius 3 is 2.81 bits per heavy atom. The summed E-state index contributed by atoms with van der Waals surface area (Å²) in [5.74, 6) is 1.73. The average molecular weight is 350 g/mol. The Labute approximate surface area is 151 Å². The van der Waals surface area contributed by atoms with Gasteiger partial charge < -0.3 is 10.6 Å². The van der Waals surface area contributed by atoms with E-state index >= 15 is 0 Å². The quantitative estimate of drug-likeness (QED) is 0.738. The van der Waals surface area contributed by atoms with Crippen LogP contribution in [0.3, 0.4) is 0 Å². The first-order chi connectivity index (χ1) is 12.5. The summed E-state index contributed by atoms with van der Waals surface area (Å²) >= 11 is 0. The number of aromatic nitrogens is 4. The Kier molecular flexibility index (Phi) is 4.06. The fourth-order valence-corrected chi connectivity index (χ4v) is 2.85. The first-order valence-corrected chi connectivity index (χ1v) is 8.91. The molecule has 134 valence electrons. The molecule has 0 unspecified atom stereocenters. The van der Waals surface area contributed by atoms with Crippen LogP contribution in [0.4, 0.5) is 11.5 Å². The molecule has 1 amide bonds. The molecule has 0 spiro atoms. The van der Waals surface area contributed by atoms with E-state index in [4.69, 9.17) is 0 Å². The Hall–Kier alpha value is -2.96. The lowest BCUT2D eigenvalue weighted by molar-refractivity contribution is 0.0951. The third-order valence-electron chi connectivity index (χ3n) is 4.54. The van der Waals surface area contributed by atoms with E-state index in [9.17, 15) is 4.79 Å². The van der Waals surface area contributed by atoms with Crippen LogP contribution in [0.2, 0.25) is 0 Å². The van der Waals surface area contributed by atoms with E-state index in [0.29, 0.717) is 23.1 Å². The zero-order chi connectivity index (χ0) is 18.3. The summed E-state index contributed by atoms with van der Waals surface area (Å²) in [5.41, 5.74) is 3.17. The van der Waals surface area contributed by atoms with E-state index in [1.807, 2.05) is 35.7 Å². The Bertz CT molecular complexity index is 973. The fourth-order valence-electron chi connectivity index (χ4n) is 2.85. The summed E-state index contributed by atoms with van der Waals surface area (Å²) in [7, 11) is 0. The zero-order valence-electron chi connectivity index (χ0n) is 15.2. The maximum Gasteiger partial charge on any atom is 0.251 e. The Balaban J connectivity index is 1.66. The molecule has 1 saturated carbocycles. The number of aryl methyl sites for hydroxylation is 1. The standard InChI is InChI=1S/C19H22N6O/c1-11(2)17-23-24-18-16(20-8-9-25(17)18)22-15-10-13(5-4-12(15)3)19(26)21-14-6-7-14/h4-5,8-11,14H,6-7H2,1-3H3,(H,20,22)(H,21,26). The van der Waals surface area contributed by atoms with Gasteiger partial charge in [0.1, 0.15) is 5.82 Å². The molecule has 0 saturated heterocycles. The van der Waals surface area contributed by atoms with Gasteiger partial charge in [0.05, 0.1) is 0 Å². The van der Waals surface area contributed by atoms with Crippen LogP contribution in [0.25, 0.3) is 5.65 Å². The van der Waals surface area contributed by atoms with Crippen LogP contribution in [0.1, 0.15) is 54.4 Å². The smallest absolute Gasteiger partial charge is 0.251 e. The third-order valence-corrected chi connectivity index (χ3v) is 4.54. The van der Waals surface area contributed by atoms with E-state index in [1.54, 1.807) is 6.20 Å². The van der Waals surface area contributed by atoms with Gasteiger partial charge in [0.2, 0.25) is 5.65 Å². The van der Waals surface area contributed by atoms with Crippen molar-refractivity contribution in [1.29, 1.82) is 0 Å². The van der Waals surface area contributed by atoms with Crippen LogP contribution < -0.4 is 10.6 Å². The van der Waals surface area contributed by atoms with Crippen LogP contribution >= 0.6 is 0 Å². The van der Waals surface area contributed by atoms with Crippen molar-refractivity contribution < 1.29 is 4.79 Å². The van der Waals surface area contributed by atoms with Crippen molar-refractivity contribution in [3.8, 4) is 0 Å². The lowest BCUT2D eigenvalue weighted by Crippen LogP contribution is -2.25. The van der Waals surface area contributed by atoms with Crippen LogP contribution in [-0.2, 0) is 0 Å². The van der Waals surface area contributed by atoms with Gasteiger partial charge in [-0.15, -0.1) is 10.2 Å². The minimum absolute atomic E-state index is 0.0358. The molecule has 1 aromatic carbocycles. The van der Waals surface area contributed by atoms with Crippen molar-refractivity contribution >= 4 is 23.1 Å². The van der Waals surface area contributed by atoms with E-state index < -0.39 is 0 Å². The number of hydrogen-bond donors (Lipinski definition) is 2. The van der Waals surface area contributed by atoms with Crippen molar-refractivity contribution in [2.24, 2.45) is 0 Å². The van der Waals surface area contributed by atoms with Crippen molar-refractivity contribution in [1.82, 2.24) is 24.9 Å². The van der Waals surface area contributed by atoms with E-state index in [0.717, 1.165) is 29.9 Å². The number of anilines is 2. The van der Waals surface area contributed by atoms with Gasteiger partial charge in [-0.3, -0.25) is 9.20 Å². The summed E-state index contributed by atoms with van der Waals surface area (Å²) in [6.07, 6.45) is 5.73. The molecule has 0 bridgehead atoms. The number of amides is 1. The average Bonchev–Trinajstić information content (AvgIpc) is 3.31. The van der Waals surface area contributed by atoms with Crippen LogP contribution in [-0.4, -0.2) is 31.5 Å². The minimum Gasteiger partial charge on any atom is -0.349 e. The predicted octanol–water partition coefficient (Wildman–Crippen LogP) is 3.19. The highest BCUT2D eigenvalue weighted by molar-refractivity contribution is 5.96. The molecule has 1 fully saturated rings. The first kappa shape index (κ1) is 16.5. The minimum atomic E-state index is -0.0358. The molecule has 0 radical (unpaired) electrons. The Morgan fingerprint density at radius 1 is 1.27 bits per heavy atom. The molecule has 2 aromatic heterocycles. The monoisotopic (exact) mass is 350 g/mol. The first-order valence-electron chi connectivity index (χ1n) is 8.91. The van der Waals surface area contributed by atoms with Gasteiger partial charge in [-0.1, -0.05) is 19.9 Å². The van der Waals surface area contributed by atoms with E-state index in [1.165, 1.54) is 0 Å². The van der Waals surface area contributed by atoms with Crippen molar-refractivity contribution in [2.45, 2.75) is 45.6 Å². The maximum atomic E-state index is 12.3. The second-order valence-corrected chi connectivity index (χ2v) is 7.08. The molecule has 7 nitrogen and oxygen atoms in total. The SMILES string of the molecule is Cc1ccc(C(=O)NC2CC2)cc1Nc1nccn2c(C(C)C)nnc12. The van der Waals surface area contributed by atoms with Gasteiger partial charge in [-0.05, 0) is 37.5 Å². The number of benzene rings is 1. The summed E-state index contributed by atoms with van der Waals surface area (Å²) in [6.45, 7) is 6.15. The normalized spacial score (nSPS) is 14.0. The topological polar surface area (TPSA) is 84.2 Å². The second-order valence-electron chi connectivity index (χ2n) is 7.08. The largest absolute Gasteiger partial charge is 0.349 e. The third kappa shape index (κ3) is 3.12.